The molecule has 4 nitrogen and oxygen atoms in total. The van der Waals surface area contributed by atoms with Gasteiger partial charge in [-0.15, -0.1) is 11.3 Å². The predicted octanol–water partition coefficient (Wildman–Crippen LogP) is 6.28. The zero-order valence-corrected chi connectivity index (χ0v) is 19.8. The number of fused-ring (bicyclic) bond motifs is 1. The van der Waals surface area contributed by atoms with Crippen molar-refractivity contribution < 1.29 is 4.79 Å². The van der Waals surface area contributed by atoms with Gasteiger partial charge in [0.15, 0.2) is 0 Å². The number of carbonyl (C=O) groups excluding carboxylic acids is 1. The van der Waals surface area contributed by atoms with Gasteiger partial charge in [-0.25, -0.2) is 4.98 Å². The lowest BCUT2D eigenvalue weighted by Crippen LogP contribution is -2.28. The van der Waals surface area contributed by atoms with Crippen LogP contribution in [0.2, 0.25) is 5.02 Å². The van der Waals surface area contributed by atoms with Crippen molar-refractivity contribution in [2.75, 3.05) is 5.32 Å². The van der Waals surface area contributed by atoms with Crippen LogP contribution in [0.25, 0.3) is 11.1 Å². The molecule has 1 unspecified atom stereocenters. The molecule has 1 aliphatic rings. The van der Waals surface area contributed by atoms with E-state index in [2.05, 4.69) is 33.1 Å². The number of thiazole rings is 1. The molecule has 0 spiro atoms. The summed E-state index contributed by atoms with van der Waals surface area (Å²) >= 11 is 7.73. The van der Waals surface area contributed by atoms with Crippen LogP contribution in [-0.2, 0) is 19.4 Å². The molecule has 1 aromatic heterocycles. The summed E-state index contributed by atoms with van der Waals surface area (Å²) < 4.78 is 0. The first-order chi connectivity index (χ1) is 16.0. The van der Waals surface area contributed by atoms with Crippen molar-refractivity contribution in [2.24, 2.45) is 0 Å². The predicted molar refractivity (Wildman–Crippen MR) is 136 cm³/mol. The summed E-state index contributed by atoms with van der Waals surface area (Å²) in [6.07, 6.45) is 1.94. The van der Waals surface area contributed by atoms with Crippen LogP contribution in [0, 0.1) is 6.92 Å². The van der Waals surface area contributed by atoms with Crippen LogP contribution >= 0.6 is 22.9 Å². The fraction of sp³-hybridized carbons (Fsp3) is 0.185. The van der Waals surface area contributed by atoms with Gasteiger partial charge in [0.1, 0.15) is 5.01 Å². The van der Waals surface area contributed by atoms with Gasteiger partial charge >= 0.3 is 0 Å². The van der Waals surface area contributed by atoms with Crippen LogP contribution < -0.4 is 10.6 Å². The highest BCUT2D eigenvalue weighted by Crippen LogP contribution is 2.28. The van der Waals surface area contributed by atoms with E-state index in [0.29, 0.717) is 16.6 Å². The first kappa shape index (κ1) is 21.8. The first-order valence-electron chi connectivity index (χ1n) is 11.0. The maximum atomic E-state index is 13.1. The smallest absolute Gasteiger partial charge is 0.256 e. The van der Waals surface area contributed by atoms with Crippen LogP contribution in [-0.4, -0.2) is 16.9 Å². The summed E-state index contributed by atoms with van der Waals surface area (Å²) in [4.78, 5) is 17.7. The zero-order chi connectivity index (χ0) is 22.8. The standard InChI is InChI=1S/C27H24ClN3OS/c1-17-16-33-26(30-17)15-29-23-12-19-8-11-22(13-20(19)14-23)31-27(32)25-5-3-2-4-24(25)18-6-9-21(28)10-7-18/h2-11,13,16,23,29H,12,14-15H2,1H3,(H,31,32). The Morgan fingerprint density at radius 1 is 1.06 bits per heavy atom. The first-order valence-corrected chi connectivity index (χ1v) is 12.2. The van der Waals surface area contributed by atoms with Crippen LogP contribution in [0.4, 0.5) is 5.69 Å². The summed E-state index contributed by atoms with van der Waals surface area (Å²) in [5, 5.41) is 10.6. The summed E-state index contributed by atoms with van der Waals surface area (Å²) in [6.45, 7) is 2.82. The van der Waals surface area contributed by atoms with Crippen LogP contribution in [0.3, 0.4) is 0 Å². The topological polar surface area (TPSA) is 54.0 Å². The molecule has 4 aromatic rings. The Morgan fingerprint density at radius 3 is 2.64 bits per heavy atom. The Balaban J connectivity index is 1.27. The highest BCUT2D eigenvalue weighted by molar-refractivity contribution is 7.09. The number of hydrogen-bond acceptors (Lipinski definition) is 4. The van der Waals surface area contributed by atoms with Gasteiger partial charge in [-0.3, -0.25) is 4.79 Å². The quantitative estimate of drug-likeness (QED) is 0.346. The molecule has 0 fully saturated rings. The fourth-order valence-electron chi connectivity index (χ4n) is 4.32. The van der Waals surface area contributed by atoms with E-state index in [9.17, 15) is 4.79 Å². The molecule has 5 rings (SSSR count). The van der Waals surface area contributed by atoms with Crippen molar-refractivity contribution in [3.8, 4) is 11.1 Å². The Kier molecular flexibility index (Phi) is 6.27. The van der Waals surface area contributed by atoms with Crippen molar-refractivity contribution >= 4 is 34.5 Å². The van der Waals surface area contributed by atoms with Crippen molar-refractivity contribution in [1.29, 1.82) is 0 Å². The molecule has 1 aliphatic carbocycles. The Bertz CT molecular complexity index is 1300. The molecule has 3 aromatic carbocycles. The van der Waals surface area contributed by atoms with Crippen molar-refractivity contribution in [3.63, 3.8) is 0 Å². The SMILES string of the molecule is Cc1csc(CNC2Cc3ccc(NC(=O)c4ccccc4-c4ccc(Cl)cc4)cc3C2)n1. The molecule has 0 aliphatic heterocycles. The van der Waals surface area contributed by atoms with E-state index in [-0.39, 0.29) is 5.91 Å². The molecule has 0 bridgehead atoms. The molecule has 2 N–H and O–H groups in total. The molecule has 6 heteroatoms. The van der Waals surface area contributed by atoms with E-state index in [1.165, 1.54) is 11.1 Å². The number of nitrogens with zero attached hydrogens (tertiary/aromatic N) is 1. The van der Waals surface area contributed by atoms with Gasteiger partial charge in [0.05, 0.1) is 0 Å². The fourth-order valence-corrected chi connectivity index (χ4v) is 5.17. The van der Waals surface area contributed by atoms with E-state index in [4.69, 9.17) is 11.6 Å². The lowest BCUT2D eigenvalue weighted by molar-refractivity contribution is 0.102. The number of benzene rings is 3. The largest absolute Gasteiger partial charge is 0.322 e. The third kappa shape index (κ3) is 5.01. The highest BCUT2D eigenvalue weighted by atomic mass is 35.5. The summed E-state index contributed by atoms with van der Waals surface area (Å²) in [7, 11) is 0. The molecular weight excluding hydrogens is 450 g/mol. The van der Waals surface area contributed by atoms with E-state index in [1.54, 1.807) is 11.3 Å². The van der Waals surface area contributed by atoms with E-state index in [1.807, 2.05) is 61.5 Å². The lowest BCUT2D eigenvalue weighted by atomic mass is 9.99. The molecule has 1 atom stereocenters. The molecule has 1 heterocycles. The average molecular weight is 474 g/mol. The van der Waals surface area contributed by atoms with Crippen LogP contribution in [0.5, 0.6) is 0 Å². The Morgan fingerprint density at radius 2 is 1.85 bits per heavy atom. The Labute approximate surface area is 202 Å². The molecule has 166 valence electrons. The zero-order valence-electron chi connectivity index (χ0n) is 18.3. The molecule has 0 saturated heterocycles. The van der Waals surface area contributed by atoms with Gasteiger partial charge < -0.3 is 10.6 Å². The van der Waals surface area contributed by atoms with Gasteiger partial charge in [-0.2, -0.15) is 0 Å². The minimum absolute atomic E-state index is 0.118. The molecular formula is C27H24ClN3OS. The van der Waals surface area contributed by atoms with Crippen molar-refractivity contribution in [1.82, 2.24) is 10.3 Å². The van der Waals surface area contributed by atoms with E-state index in [0.717, 1.165) is 46.9 Å². The number of halogens is 1. The van der Waals surface area contributed by atoms with Gasteiger partial charge in [-0.05, 0) is 72.4 Å². The number of aryl methyl sites for hydroxylation is 1. The molecule has 1 amide bonds. The second kappa shape index (κ2) is 9.48. The second-order valence-corrected chi connectivity index (χ2v) is 9.74. The number of amides is 1. The van der Waals surface area contributed by atoms with Crippen LogP contribution in [0.1, 0.15) is 32.2 Å². The molecule has 0 saturated carbocycles. The molecule has 0 radical (unpaired) electrons. The van der Waals surface area contributed by atoms with Gasteiger partial charge in [0, 0.05) is 39.9 Å². The minimum atomic E-state index is -0.118. The summed E-state index contributed by atoms with van der Waals surface area (Å²) in [5.41, 5.74) is 7.00. The normalized spacial score (nSPS) is 14.8. The van der Waals surface area contributed by atoms with E-state index >= 15 is 0 Å². The maximum Gasteiger partial charge on any atom is 0.256 e. The van der Waals surface area contributed by atoms with Crippen molar-refractivity contribution in [3.05, 3.63) is 105 Å². The number of carbonyl (C=O) groups is 1. The number of aromatic nitrogens is 1. The third-order valence-electron chi connectivity index (χ3n) is 5.93. The minimum Gasteiger partial charge on any atom is -0.322 e. The number of hydrogen-bond donors (Lipinski definition) is 2. The third-order valence-corrected chi connectivity index (χ3v) is 7.15. The Hall–Kier alpha value is -2.99. The number of anilines is 1. The van der Waals surface area contributed by atoms with Gasteiger partial charge in [0.25, 0.3) is 5.91 Å². The summed E-state index contributed by atoms with van der Waals surface area (Å²) in [6, 6.07) is 21.8. The second-order valence-electron chi connectivity index (χ2n) is 8.36. The molecule has 33 heavy (non-hydrogen) atoms. The van der Waals surface area contributed by atoms with Crippen molar-refractivity contribution in [2.45, 2.75) is 32.4 Å². The van der Waals surface area contributed by atoms with E-state index < -0.39 is 0 Å². The summed E-state index contributed by atoms with van der Waals surface area (Å²) in [5.74, 6) is -0.118. The monoisotopic (exact) mass is 473 g/mol. The van der Waals surface area contributed by atoms with Crippen LogP contribution in [0.15, 0.2) is 72.1 Å². The number of rotatable bonds is 6. The van der Waals surface area contributed by atoms with Gasteiger partial charge in [0.2, 0.25) is 0 Å². The average Bonchev–Trinajstić information content (AvgIpc) is 3.43. The number of nitrogens with one attached hydrogen (secondary N) is 2. The maximum absolute atomic E-state index is 13.1. The lowest BCUT2D eigenvalue weighted by Gasteiger charge is -2.11. The highest BCUT2D eigenvalue weighted by Gasteiger charge is 2.22. The van der Waals surface area contributed by atoms with Gasteiger partial charge in [-0.1, -0.05) is 48.0 Å².